The lowest BCUT2D eigenvalue weighted by molar-refractivity contribution is 0.00918. The molecule has 7 nitrogen and oxygen atoms in total. The molecule has 0 radical (unpaired) electrons. The molecule has 3 heterocycles. The second-order valence-corrected chi connectivity index (χ2v) is 7.57. The first-order valence-electron chi connectivity index (χ1n) is 9.63. The fraction of sp³-hybridized carbons (Fsp3) is 0.409. The molecule has 2 atom stereocenters. The van der Waals surface area contributed by atoms with Crippen LogP contribution in [-0.2, 0) is 11.2 Å². The van der Waals surface area contributed by atoms with Crippen LogP contribution in [-0.4, -0.2) is 45.5 Å². The van der Waals surface area contributed by atoms with Gasteiger partial charge in [0.2, 0.25) is 6.79 Å². The van der Waals surface area contributed by atoms with E-state index in [0.717, 1.165) is 41.2 Å². The molecule has 2 aromatic carbocycles. The molecule has 3 aliphatic heterocycles. The van der Waals surface area contributed by atoms with Crippen LogP contribution in [0.2, 0.25) is 0 Å². The smallest absolute Gasteiger partial charge is 0.343 e. The standard InChI is InChI=1S/C22H23NO6/c1-11-16-12(9-15-19(11)28-10-27-15)7-8-23(2)18(16)20-13-5-6-14(25-3)21(26-4)17(13)22(24)29-20/h5-6,9,18,20H,7-8,10H2,1-4H3/t18-,20+/m1/s1. The van der Waals surface area contributed by atoms with Gasteiger partial charge in [-0.3, -0.25) is 4.90 Å². The number of hydrogen-bond donors (Lipinski definition) is 0. The average Bonchev–Trinajstić information content (AvgIpc) is 3.32. The zero-order valence-electron chi connectivity index (χ0n) is 16.9. The highest BCUT2D eigenvalue weighted by molar-refractivity contribution is 5.98. The Morgan fingerprint density at radius 2 is 2.00 bits per heavy atom. The van der Waals surface area contributed by atoms with Crippen molar-refractivity contribution in [1.82, 2.24) is 4.90 Å². The highest BCUT2D eigenvalue weighted by Gasteiger charge is 2.45. The molecule has 0 unspecified atom stereocenters. The van der Waals surface area contributed by atoms with Crippen LogP contribution in [0.15, 0.2) is 18.2 Å². The molecule has 0 fully saturated rings. The molecule has 3 aliphatic rings. The fourth-order valence-electron chi connectivity index (χ4n) is 4.81. The molecule has 2 aromatic rings. The van der Waals surface area contributed by atoms with Crippen LogP contribution in [0.1, 0.15) is 44.8 Å². The summed E-state index contributed by atoms with van der Waals surface area (Å²) in [5.41, 5.74) is 4.64. The third-order valence-electron chi connectivity index (χ3n) is 6.15. The van der Waals surface area contributed by atoms with E-state index in [4.69, 9.17) is 23.7 Å². The largest absolute Gasteiger partial charge is 0.493 e. The van der Waals surface area contributed by atoms with Crippen molar-refractivity contribution >= 4 is 5.97 Å². The second kappa shape index (κ2) is 6.56. The summed E-state index contributed by atoms with van der Waals surface area (Å²) in [6, 6.07) is 5.66. The maximum atomic E-state index is 12.8. The minimum atomic E-state index is -0.444. The number of hydrogen-bond acceptors (Lipinski definition) is 7. The van der Waals surface area contributed by atoms with Crippen molar-refractivity contribution in [3.05, 3.63) is 46.0 Å². The van der Waals surface area contributed by atoms with E-state index in [1.807, 2.05) is 19.1 Å². The topological polar surface area (TPSA) is 66.5 Å². The van der Waals surface area contributed by atoms with Gasteiger partial charge in [-0.2, -0.15) is 0 Å². The van der Waals surface area contributed by atoms with Gasteiger partial charge in [0.1, 0.15) is 11.7 Å². The van der Waals surface area contributed by atoms with E-state index in [1.165, 1.54) is 12.7 Å². The number of esters is 1. The minimum absolute atomic E-state index is 0.128. The Bertz CT molecular complexity index is 1020. The van der Waals surface area contributed by atoms with Crippen molar-refractivity contribution in [1.29, 1.82) is 0 Å². The van der Waals surface area contributed by atoms with Crippen LogP contribution in [0, 0.1) is 6.92 Å². The summed E-state index contributed by atoms with van der Waals surface area (Å²) < 4.78 is 28.1. The molecule has 0 aromatic heterocycles. The lowest BCUT2D eigenvalue weighted by atomic mass is 9.83. The van der Waals surface area contributed by atoms with Crippen molar-refractivity contribution in [2.45, 2.75) is 25.5 Å². The summed E-state index contributed by atoms with van der Waals surface area (Å²) in [6.45, 7) is 3.13. The summed E-state index contributed by atoms with van der Waals surface area (Å²) >= 11 is 0. The predicted octanol–water partition coefficient (Wildman–Crippen LogP) is 3.18. The number of nitrogens with zero attached hydrogens (tertiary/aromatic N) is 1. The van der Waals surface area contributed by atoms with Gasteiger partial charge in [-0.25, -0.2) is 4.79 Å². The van der Waals surface area contributed by atoms with Crippen molar-refractivity contribution in [2.24, 2.45) is 0 Å². The highest BCUT2D eigenvalue weighted by atomic mass is 16.7. The van der Waals surface area contributed by atoms with Gasteiger partial charge in [-0.1, -0.05) is 6.07 Å². The van der Waals surface area contributed by atoms with Crippen molar-refractivity contribution in [3.63, 3.8) is 0 Å². The summed E-state index contributed by atoms with van der Waals surface area (Å²) in [6.07, 6.45) is 0.458. The predicted molar refractivity (Wildman–Crippen MR) is 104 cm³/mol. The van der Waals surface area contributed by atoms with Crippen LogP contribution >= 0.6 is 0 Å². The van der Waals surface area contributed by atoms with Gasteiger partial charge < -0.3 is 23.7 Å². The Hall–Kier alpha value is -2.93. The number of cyclic esters (lactones) is 1. The summed E-state index contributed by atoms with van der Waals surface area (Å²) in [4.78, 5) is 15.1. The van der Waals surface area contributed by atoms with Crippen LogP contribution in [0.4, 0.5) is 0 Å². The van der Waals surface area contributed by atoms with Gasteiger partial charge >= 0.3 is 5.97 Å². The van der Waals surface area contributed by atoms with E-state index in [1.54, 1.807) is 7.11 Å². The fourth-order valence-corrected chi connectivity index (χ4v) is 4.81. The van der Waals surface area contributed by atoms with Crippen LogP contribution in [0.5, 0.6) is 23.0 Å². The Kier molecular flexibility index (Phi) is 4.10. The van der Waals surface area contributed by atoms with Gasteiger partial charge in [0, 0.05) is 17.7 Å². The molecule has 5 rings (SSSR count). The van der Waals surface area contributed by atoms with Gasteiger partial charge in [0.05, 0.1) is 20.3 Å². The lowest BCUT2D eigenvalue weighted by Crippen LogP contribution is -2.36. The number of carbonyl (C=O) groups excluding carboxylic acids is 1. The molecule has 0 N–H and O–H groups in total. The van der Waals surface area contributed by atoms with E-state index >= 15 is 0 Å². The number of likely N-dealkylation sites (N-methyl/N-ethyl adjacent to an activating group) is 1. The number of carbonyl (C=O) groups is 1. The first kappa shape index (κ1) is 18.1. The van der Waals surface area contributed by atoms with Crippen molar-refractivity contribution in [2.75, 3.05) is 34.6 Å². The Morgan fingerprint density at radius 1 is 1.17 bits per heavy atom. The lowest BCUT2D eigenvalue weighted by Gasteiger charge is -2.38. The van der Waals surface area contributed by atoms with Gasteiger partial charge in [-0.05, 0) is 43.7 Å². The van der Waals surface area contributed by atoms with E-state index in [0.29, 0.717) is 17.1 Å². The molecule has 0 aliphatic carbocycles. The zero-order chi connectivity index (χ0) is 20.3. The summed E-state index contributed by atoms with van der Waals surface area (Å²) in [7, 11) is 5.15. The molecule has 0 spiro atoms. The molecule has 0 saturated heterocycles. The van der Waals surface area contributed by atoms with E-state index in [2.05, 4.69) is 18.0 Å². The van der Waals surface area contributed by atoms with Gasteiger partial charge in [0.25, 0.3) is 0 Å². The van der Waals surface area contributed by atoms with Gasteiger partial charge in [0.15, 0.2) is 23.0 Å². The molecule has 29 heavy (non-hydrogen) atoms. The molecule has 0 bridgehead atoms. The number of benzene rings is 2. The number of rotatable bonds is 3. The normalized spacial score (nSPS) is 22.1. The van der Waals surface area contributed by atoms with Crippen molar-refractivity contribution < 1.29 is 28.5 Å². The van der Waals surface area contributed by atoms with E-state index in [9.17, 15) is 4.79 Å². The first-order chi connectivity index (χ1) is 14.0. The molecule has 152 valence electrons. The van der Waals surface area contributed by atoms with E-state index in [-0.39, 0.29) is 18.8 Å². The number of methoxy groups -OCH3 is 2. The summed E-state index contributed by atoms with van der Waals surface area (Å²) in [5, 5.41) is 0. The van der Waals surface area contributed by atoms with Crippen LogP contribution < -0.4 is 18.9 Å². The first-order valence-corrected chi connectivity index (χ1v) is 9.63. The monoisotopic (exact) mass is 397 g/mol. The molecule has 0 saturated carbocycles. The number of fused-ring (bicyclic) bond motifs is 3. The summed E-state index contributed by atoms with van der Waals surface area (Å²) in [5.74, 6) is 2.11. The zero-order valence-corrected chi connectivity index (χ0v) is 16.9. The SMILES string of the molecule is COc1ccc2c(c1OC)C(=O)O[C@@H]2[C@H]1c2c(cc3c(c2C)OCO3)CCN1C. The Balaban J connectivity index is 1.67. The van der Waals surface area contributed by atoms with Gasteiger partial charge in [-0.15, -0.1) is 0 Å². The molecule has 0 amide bonds. The highest BCUT2D eigenvalue weighted by Crippen LogP contribution is 2.52. The van der Waals surface area contributed by atoms with Crippen molar-refractivity contribution in [3.8, 4) is 23.0 Å². The third-order valence-corrected chi connectivity index (χ3v) is 6.15. The third kappa shape index (κ3) is 2.50. The maximum absolute atomic E-state index is 12.8. The average molecular weight is 397 g/mol. The quantitative estimate of drug-likeness (QED) is 0.737. The second-order valence-electron chi connectivity index (χ2n) is 7.57. The minimum Gasteiger partial charge on any atom is -0.493 e. The van der Waals surface area contributed by atoms with Crippen LogP contribution in [0.25, 0.3) is 0 Å². The molecule has 7 heteroatoms. The molecular formula is C22H23NO6. The Morgan fingerprint density at radius 3 is 2.76 bits per heavy atom. The number of ether oxygens (including phenoxy) is 5. The molecular weight excluding hydrogens is 374 g/mol. The Labute approximate surface area is 169 Å². The van der Waals surface area contributed by atoms with Crippen LogP contribution in [0.3, 0.4) is 0 Å². The maximum Gasteiger partial charge on any atom is 0.343 e. The van der Waals surface area contributed by atoms with E-state index < -0.39 is 6.10 Å².